The fourth-order valence-corrected chi connectivity index (χ4v) is 2.43. The van der Waals surface area contributed by atoms with Crippen molar-refractivity contribution in [3.63, 3.8) is 0 Å². The Kier molecular flexibility index (Phi) is 3.42. The molecule has 7 heteroatoms. The predicted octanol–water partition coefficient (Wildman–Crippen LogP) is 3.26. The molecule has 104 valence electrons. The third-order valence-corrected chi connectivity index (χ3v) is 3.47. The molecule has 0 spiro atoms. The van der Waals surface area contributed by atoms with Crippen LogP contribution in [0.4, 0.5) is 22.4 Å². The maximum absolute atomic E-state index is 13.6. The SMILES string of the molecule is O=C(N1CCCCC1(F)F)N1CCCCC1(F)F. The second-order valence-corrected chi connectivity index (χ2v) is 4.83. The van der Waals surface area contributed by atoms with E-state index in [0.29, 0.717) is 35.5 Å². The van der Waals surface area contributed by atoms with Crippen molar-refractivity contribution < 1.29 is 22.4 Å². The van der Waals surface area contributed by atoms with Crippen LogP contribution >= 0.6 is 0 Å². The van der Waals surface area contributed by atoms with E-state index in [1.165, 1.54) is 0 Å². The van der Waals surface area contributed by atoms with E-state index in [1.54, 1.807) is 0 Å². The molecule has 0 aliphatic carbocycles. The van der Waals surface area contributed by atoms with Crippen molar-refractivity contribution in [1.82, 2.24) is 9.80 Å². The number of nitrogens with zero attached hydrogens (tertiary/aromatic N) is 2. The largest absolute Gasteiger partial charge is 0.329 e. The average molecular weight is 268 g/mol. The van der Waals surface area contributed by atoms with Crippen molar-refractivity contribution in [2.24, 2.45) is 0 Å². The first kappa shape index (κ1) is 13.4. The number of urea groups is 1. The van der Waals surface area contributed by atoms with E-state index in [9.17, 15) is 22.4 Å². The van der Waals surface area contributed by atoms with Crippen LogP contribution in [0.3, 0.4) is 0 Å². The number of rotatable bonds is 0. The Morgan fingerprint density at radius 2 is 1.17 bits per heavy atom. The molecule has 3 nitrogen and oxygen atoms in total. The Balaban J connectivity index is 2.14. The molecule has 2 aliphatic rings. The van der Waals surface area contributed by atoms with E-state index >= 15 is 0 Å². The quantitative estimate of drug-likeness (QED) is 0.488. The minimum absolute atomic E-state index is 0.154. The molecule has 2 saturated heterocycles. The van der Waals surface area contributed by atoms with Crippen molar-refractivity contribution in [3.05, 3.63) is 0 Å². The van der Waals surface area contributed by atoms with Gasteiger partial charge in [-0.05, 0) is 25.7 Å². The van der Waals surface area contributed by atoms with E-state index in [4.69, 9.17) is 0 Å². The van der Waals surface area contributed by atoms with Crippen LogP contribution < -0.4 is 0 Å². The normalized spacial score (nSPS) is 27.1. The standard InChI is InChI=1S/C11H16F4N2O/c12-10(13)5-1-3-7-16(10)9(18)17-8-4-2-6-11(17,14)15/h1-8H2. The maximum atomic E-state index is 13.6. The number of carbonyl (C=O) groups is 1. The molecule has 0 aromatic rings. The zero-order valence-electron chi connectivity index (χ0n) is 9.97. The van der Waals surface area contributed by atoms with E-state index in [1.807, 2.05) is 0 Å². The second-order valence-electron chi connectivity index (χ2n) is 4.83. The number of amides is 2. The maximum Gasteiger partial charge on any atom is 0.329 e. The minimum Gasteiger partial charge on any atom is -0.265 e. The van der Waals surface area contributed by atoms with Gasteiger partial charge in [-0.15, -0.1) is 0 Å². The molecule has 2 aliphatic heterocycles. The summed E-state index contributed by atoms with van der Waals surface area (Å²) in [6.45, 7) is -0.309. The fourth-order valence-electron chi connectivity index (χ4n) is 2.43. The monoisotopic (exact) mass is 268 g/mol. The summed E-state index contributed by atoms with van der Waals surface area (Å²) in [5.74, 6) is 0. The molecule has 0 unspecified atom stereocenters. The summed E-state index contributed by atoms with van der Waals surface area (Å²) in [6.07, 6.45) is 0.595. The van der Waals surface area contributed by atoms with Gasteiger partial charge in [0.25, 0.3) is 0 Å². The molecule has 0 aromatic carbocycles. The van der Waals surface area contributed by atoms with E-state index in [2.05, 4.69) is 0 Å². The fraction of sp³-hybridized carbons (Fsp3) is 0.909. The topological polar surface area (TPSA) is 23.6 Å². The number of hydrogen-bond acceptors (Lipinski definition) is 1. The van der Waals surface area contributed by atoms with Crippen molar-refractivity contribution in [2.45, 2.75) is 50.6 Å². The summed E-state index contributed by atoms with van der Waals surface area (Å²) in [4.78, 5) is 12.5. The van der Waals surface area contributed by atoms with Gasteiger partial charge in [0.15, 0.2) is 0 Å². The lowest BCUT2D eigenvalue weighted by molar-refractivity contribution is -0.179. The van der Waals surface area contributed by atoms with Crippen molar-refractivity contribution in [1.29, 1.82) is 0 Å². The summed E-state index contributed by atoms with van der Waals surface area (Å²) < 4.78 is 54.2. The lowest BCUT2D eigenvalue weighted by atomic mass is 10.1. The Labute approximate surface area is 103 Å². The molecule has 0 bridgehead atoms. The molecule has 0 saturated carbocycles. The number of hydrogen-bond donors (Lipinski definition) is 0. The van der Waals surface area contributed by atoms with Crippen molar-refractivity contribution in [3.8, 4) is 0 Å². The van der Waals surface area contributed by atoms with Crippen LogP contribution in [0.5, 0.6) is 0 Å². The predicted molar refractivity (Wildman–Crippen MR) is 56.4 cm³/mol. The number of carbonyl (C=O) groups excluding carboxylic acids is 1. The van der Waals surface area contributed by atoms with Crippen molar-refractivity contribution >= 4 is 6.03 Å². The van der Waals surface area contributed by atoms with Gasteiger partial charge in [0.2, 0.25) is 0 Å². The molecule has 2 amide bonds. The Morgan fingerprint density at radius 1 is 0.778 bits per heavy atom. The van der Waals surface area contributed by atoms with Gasteiger partial charge in [0, 0.05) is 25.9 Å². The molecule has 0 radical (unpaired) electrons. The number of likely N-dealkylation sites (tertiary alicyclic amines) is 2. The lowest BCUT2D eigenvalue weighted by Crippen LogP contribution is -2.59. The Hall–Kier alpha value is -1.01. The molecular weight excluding hydrogens is 252 g/mol. The summed E-state index contributed by atoms with van der Waals surface area (Å²) in [5, 5.41) is 0. The van der Waals surface area contributed by atoms with Gasteiger partial charge in [-0.25, -0.2) is 4.79 Å². The van der Waals surface area contributed by atoms with Gasteiger partial charge in [-0.2, -0.15) is 17.6 Å². The molecule has 0 N–H and O–H groups in total. The van der Waals surface area contributed by atoms with Crippen LogP contribution in [0.2, 0.25) is 0 Å². The van der Waals surface area contributed by atoms with Crippen LogP contribution in [0.1, 0.15) is 38.5 Å². The first-order valence-corrected chi connectivity index (χ1v) is 6.19. The third-order valence-electron chi connectivity index (χ3n) is 3.47. The van der Waals surface area contributed by atoms with Gasteiger partial charge >= 0.3 is 18.1 Å². The van der Waals surface area contributed by atoms with Crippen LogP contribution in [0.25, 0.3) is 0 Å². The van der Waals surface area contributed by atoms with Crippen LogP contribution in [-0.2, 0) is 0 Å². The van der Waals surface area contributed by atoms with E-state index in [-0.39, 0.29) is 13.1 Å². The number of piperidine rings is 2. The van der Waals surface area contributed by atoms with Crippen LogP contribution in [0.15, 0.2) is 0 Å². The van der Waals surface area contributed by atoms with Gasteiger partial charge in [-0.1, -0.05) is 0 Å². The summed E-state index contributed by atoms with van der Waals surface area (Å²) in [7, 11) is 0. The highest BCUT2D eigenvalue weighted by Gasteiger charge is 2.49. The molecule has 2 heterocycles. The summed E-state index contributed by atoms with van der Waals surface area (Å²) in [6, 6.07) is -7.84. The molecular formula is C11H16F4N2O. The zero-order chi connectivity index (χ0) is 13.4. The van der Waals surface area contributed by atoms with Crippen LogP contribution in [0, 0.1) is 0 Å². The Morgan fingerprint density at radius 3 is 1.50 bits per heavy atom. The minimum atomic E-state index is -3.30. The second kappa shape index (κ2) is 4.59. The molecule has 0 atom stereocenters. The smallest absolute Gasteiger partial charge is 0.265 e. The zero-order valence-corrected chi connectivity index (χ0v) is 9.97. The highest BCUT2D eigenvalue weighted by molar-refractivity contribution is 5.75. The van der Waals surface area contributed by atoms with Crippen LogP contribution in [-0.4, -0.2) is 41.0 Å². The van der Waals surface area contributed by atoms with Gasteiger partial charge in [0.1, 0.15) is 0 Å². The highest BCUT2D eigenvalue weighted by atomic mass is 19.3. The molecule has 2 fully saturated rings. The highest BCUT2D eigenvalue weighted by Crippen LogP contribution is 2.36. The van der Waals surface area contributed by atoms with Gasteiger partial charge in [0.05, 0.1) is 0 Å². The third kappa shape index (κ3) is 2.40. The summed E-state index contributed by atoms with van der Waals surface area (Å²) in [5.41, 5.74) is 0. The lowest BCUT2D eigenvalue weighted by Gasteiger charge is -2.42. The summed E-state index contributed by atoms with van der Waals surface area (Å²) >= 11 is 0. The van der Waals surface area contributed by atoms with Gasteiger partial charge in [-0.3, -0.25) is 9.80 Å². The first-order valence-electron chi connectivity index (χ1n) is 6.19. The van der Waals surface area contributed by atoms with E-state index in [0.717, 1.165) is 0 Å². The van der Waals surface area contributed by atoms with Crippen molar-refractivity contribution in [2.75, 3.05) is 13.1 Å². The van der Waals surface area contributed by atoms with E-state index < -0.39 is 31.0 Å². The van der Waals surface area contributed by atoms with Gasteiger partial charge < -0.3 is 0 Å². The number of alkyl halides is 4. The average Bonchev–Trinajstić information content (AvgIpc) is 2.27. The Bertz CT molecular complexity index is 305. The molecule has 18 heavy (non-hydrogen) atoms. The number of halogens is 4. The first-order chi connectivity index (χ1) is 8.34. The molecule has 0 aromatic heterocycles. The molecule has 2 rings (SSSR count).